The lowest BCUT2D eigenvalue weighted by molar-refractivity contribution is -0.121. The number of unbranched alkanes of at least 4 members (excludes halogenated alkanes) is 4. The number of aliphatic hydroxyl groups is 1. The average molecular weight is 481 g/mol. The Morgan fingerprint density at radius 3 is 2.40 bits per heavy atom. The molecule has 1 saturated carbocycles. The van der Waals surface area contributed by atoms with Crippen LogP contribution in [0.5, 0.6) is 11.5 Å². The normalized spacial score (nSPS) is 15.0. The fraction of sp³-hybridized carbons (Fsp3) is 0.581. The Labute approximate surface area is 212 Å². The zero-order valence-corrected chi connectivity index (χ0v) is 21.6. The van der Waals surface area contributed by atoms with E-state index >= 15 is 0 Å². The largest absolute Gasteiger partial charge is 0.493 e. The lowest BCUT2D eigenvalue weighted by atomic mass is 9.97. The molecule has 0 bridgehead atoms. The van der Waals surface area contributed by atoms with Crippen LogP contribution in [0, 0.1) is 0 Å². The molecule has 0 saturated heterocycles. The van der Waals surface area contributed by atoms with Gasteiger partial charge in [0, 0.05) is 12.8 Å². The third-order valence-electron chi connectivity index (χ3n) is 7.08. The first-order valence-corrected chi connectivity index (χ1v) is 13.7. The maximum absolute atomic E-state index is 12.4. The molecule has 0 spiro atoms. The molecule has 192 valence electrons. The van der Waals surface area contributed by atoms with E-state index in [1.54, 1.807) is 7.11 Å². The van der Waals surface area contributed by atoms with Crippen LogP contribution in [0.1, 0.15) is 94.6 Å². The predicted octanol–water partition coefficient (Wildman–Crippen LogP) is 7.24. The lowest BCUT2D eigenvalue weighted by Gasteiger charge is -2.24. The van der Waals surface area contributed by atoms with Crippen LogP contribution >= 0.6 is 0 Å². The van der Waals surface area contributed by atoms with Gasteiger partial charge in [0.25, 0.3) is 0 Å². The summed E-state index contributed by atoms with van der Waals surface area (Å²) in [4.78, 5) is 12.4. The second kappa shape index (κ2) is 15.6. The van der Waals surface area contributed by atoms with Crippen LogP contribution in [0.3, 0.4) is 0 Å². The van der Waals surface area contributed by atoms with Gasteiger partial charge in [0.05, 0.1) is 19.3 Å². The molecule has 0 aromatic heterocycles. The number of hydrogen-bond donors (Lipinski definition) is 1. The number of hydrogen-bond acceptors (Lipinski definition) is 4. The minimum Gasteiger partial charge on any atom is -0.493 e. The summed E-state index contributed by atoms with van der Waals surface area (Å²) in [6, 6.07) is 16.6. The van der Waals surface area contributed by atoms with Crippen molar-refractivity contribution in [1.82, 2.24) is 0 Å². The summed E-state index contributed by atoms with van der Waals surface area (Å²) in [5, 5.41) is 10.3. The summed E-state index contributed by atoms with van der Waals surface area (Å²) in [5.41, 5.74) is 2.49. The molecule has 1 aliphatic carbocycles. The number of carbonyl (C=O) groups excluding carboxylic acids is 1. The molecule has 1 N–H and O–H groups in total. The molecule has 35 heavy (non-hydrogen) atoms. The second-order valence-electron chi connectivity index (χ2n) is 10.1. The number of aryl methyl sites for hydroxylation is 2. The highest BCUT2D eigenvalue weighted by atomic mass is 16.5. The minimum atomic E-state index is -0.520. The standard InChI is InChI=1S/C31H44O4/c1-34-30-22-20-26(23-31(30)35-29-17-11-6-12-18-29)19-21-28(33)24-27(32)16-10-4-2-3-7-13-25-14-8-5-9-15-25/h5,8-9,14-15,20,22-23,27,29,32H,2-4,6-7,10-13,16-19,21,24H2,1H3. The van der Waals surface area contributed by atoms with Gasteiger partial charge in [-0.1, -0.05) is 68.5 Å². The molecule has 2 aromatic carbocycles. The highest BCUT2D eigenvalue weighted by Gasteiger charge is 2.18. The maximum atomic E-state index is 12.4. The van der Waals surface area contributed by atoms with Crippen LogP contribution in [0.15, 0.2) is 48.5 Å². The Bertz CT molecular complexity index is 858. The number of ketones is 1. The summed E-state index contributed by atoms with van der Waals surface area (Å²) in [5.74, 6) is 1.67. The number of ether oxygens (including phenoxy) is 2. The van der Waals surface area contributed by atoms with Crippen LogP contribution in [-0.2, 0) is 17.6 Å². The van der Waals surface area contributed by atoms with Gasteiger partial charge >= 0.3 is 0 Å². The molecular weight excluding hydrogens is 436 g/mol. The van der Waals surface area contributed by atoms with Crippen molar-refractivity contribution in [3.05, 3.63) is 59.7 Å². The minimum absolute atomic E-state index is 0.130. The Morgan fingerprint density at radius 2 is 1.63 bits per heavy atom. The van der Waals surface area contributed by atoms with Crippen molar-refractivity contribution < 1.29 is 19.4 Å². The topological polar surface area (TPSA) is 55.8 Å². The van der Waals surface area contributed by atoms with Crippen molar-refractivity contribution >= 4 is 5.78 Å². The van der Waals surface area contributed by atoms with E-state index in [0.717, 1.165) is 49.2 Å². The zero-order chi connectivity index (χ0) is 24.7. The number of Topliss-reactive ketones (excluding diaryl/α,β-unsaturated/α-hetero) is 1. The van der Waals surface area contributed by atoms with Crippen LogP contribution in [-0.4, -0.2) is 30.2 Å². The fourth-order valence-corrected chi connectivity index (χ4v) is 4.97. The third-order valence-corrected chi connectivity index (χ3v) is 7.08. The van der Waals surface area contributed by atoms with Gasteiger partial charge in [-0.25, -0.2) is 0 Å². The van der Waals surface area contributed by atoms with Crippen molar-refractivity contribution in [2.75, 3.05) is 7.11 Å². The monoisotopic (exact) mass is 480 g/mol. The van der Waals surface area contributed by atoms with E-state index in [4.69, 9.17) is 9.47 Å². The van der Waals surface area contributed by atoms with Crippen LogP contribution < -0.4 is 9.47 Å². The van der Waals surface area contributed by atoms with Gasteiger partial charge in [0.2, 0.25) is 0 Å². The maximum Gasteiger partial charge on any atom is 0.161 e. The molecule has 4 nitrogen and oxygen atoms in total. The SMILES string of the molecule is COc1ccc(CCC(=O)CC(O)CCCCCCCc2ccccc2)cc1OC1CCCCC1. The first kappa shape index (κ1) is 27.3. The van der Waals surface area contributed by atoms with Crippen LogP contribution in [0.4, 0.5) is 0 Å². The summed E-state index contributed by atoms with van der Waals surface area (Å²) >= 11 is 0. The smallest absolute Gasteiger partial charge is 0.161 e. The molecule has 0 heterocycles. The molecular formula is C31H44O4. The molecule has 0 radical (unpaired) electrons. The lowest BCUT2D eigenvalue weighted by Crippen LogP contribution is -2.20. The van der Waals surface area contributed by atoms with E-state index in [2.05, 4.69) is 30.3 Å². The first-order chi connectivity index (χ1) is 17.1. The molecule has 2 aromatic rings. The Morgan fingerprint density at radius 1 is 0.886 bits per heavy atom. The van der Waals surface area contributed by atoms with Crippen molar-refractivity contribution in [3.8, 4) is 11.5 Å². The van der Waals surface area contributed by atoms with Crippen LogP contribution in [0.2, 0.25) is 0 Å². The summed E-state index contributed by atoms with van der Waals surface area (Å²) in [6.45, 7) is 0. The summed E-state index contributed by atoms with van der Waals surface area (Å²) < 4.78 is 11.7. The molecule has 1 fully saturated rings. The van der Waals surface area contributed by atoms with Gasteiger partial charge in [-0.05, 0) is 74.6 Å². The number of rotatable bonds is 16. The van der Waals surface area contributed by atoms with E-state index in [0.29, 0.717) is 19.3 Å². The molecule has 1 aliphatic rings. The van der Waals surface area contributed by atoms with Gasteiger partial charge in [-0.2, -0.15) is 0 Å². The number of benzene rings is 2. The number of methoxy groups -OCH3 is 1. The molecule has 4 heteroatoms. The highest BCUT2D eigenvalue weighted by molar-refractivity contribution is 5.79. The van der Waals surface area contributed by atoms with Gasteiger partial charge in [0.1, 0.15) is 5.78 Å². The summed E-state index contributed by atoms with van der Waals surface area (Å²) in [7, 11) is 1.67. The van der Waals surface area contributed by atoms with Gasteiger partial charge in [-0.3, -0.25) is 4.79 Å². The fourth-order valence-electron chi connectivity index (χ4n) is 4.97. The molecule has 3 rings (SSSR count). The zero-order valence-electron chi connectivity index (χ0n) is 21.6. The number of carbonyl (C=O) groups is 1. The van der Waals surface area contributed by atoms with E-state index in [-0.39, 0.29) is 18.3 Å². The van der Waals surface area contributed by atoms with Crippen LogP contribution in [0.25, 0.3) is 0 Å². The third kappa shape index (κ3) is 10.4. The van der Waals surface area contributed by atoms with Gasteiger partial charge in [-0.15, -0.1) is 0 Å². The van der Waals surface area contributed by atoms with E-state index in [1.165, 1.54) is 44.1 Å². The molecule has 1 unspecified atom stereocenters. The summed E-state index contributed by atoms with van der Waals surface area (Å²) in [6.07, 6.45) is 14.6. The quantitative estimate of drug-likeness (QED) is 0.257. The first-order valence-electron chi connectivity index (χ1n) is 13.7. The molecule has 0 aliphatic heterocycles. The Kier molecular flexibility index (Phi) is 12.2. The van der Waals surface area contributed by atoms with Crippen molar-refractivity contribution in [2.24, 2.45) is 0 Å². The average Bonchev–Trinajstić information content (AvgIpc) is 2.88. The van der Waals surface area contributed by atoms with Crippen molar-refractivity contribution in [1.29, 1.82) is 0 Å². The van der Waals surface area contributed by atoms with E-state index in [1.807, 2.05) is 18.2 Å². The van der Waals surface area contributed by atoms with E-state index in [9.17, 15) is 9.90 Å². The Hall–Kier alpha value is -2.33. The second-order valence-corrected chi connectivity index (χ2v) is 10.1. The van der Waals surface area contributed by atoms with Gasteiger partial charge < -0.3 is 14.6 Å². The highest BCUT2D eigenvalue weighted by Crippen LogP contribution is 2.32. The van der Waals surface area contributed by atoms with E-state index < -0.39 is 6.10 Å². The van der Waals surface area contributed by atoms with Crippen molar-refractivity contribution in [2.45, 2.75) is 109 Å². The Balaban J connectivity index is 1.29. The molecule has 1 atom stereocenters. The number of aliphatic hydroxyl groups excluding tert-OH is 1. The molecule has 0 amide bonds. The van der Waals surface area contributed by atoms with Crippen molar-refractivity contribution in [3.63, 3.8) is 0 Å². The van der Waals surface area contributed by atoms with Gasteiger partial charge in [0.15, 0.2) is 11.5 Å². The predicted molar refractivity (Wildman–Crippen MR) is 142 cm³/mol.